The Morgan fingerprint density at radius 1 is 1.09 bits per heavy atom. The van der Waals surface area contributed by atoms with Gasteiger partial charge < -0.3 is 14.8 Å². The molecule has 4 rings (SSSR count). The van der Waals surface area contributed by atoms with E-state index in [0.29, 0.717) is 22.3 Å². The predicted molar refractivity (Wildman–Crippen MR) is 127 cm³/mol. The quantitative estimate of drug-likeness (QED) is 0.162. The van der Waals surface area contributed by atoms with Crippen LogP contribution in [0.4, 0.5) is 0 Å². The van der Waals surface area contributed by atoms with Crippen LogP contribution in [0.1, 0.15) is 11.1 Å². The molecule has 0 fully saturated rings. The molecule has 9 heteroatoms. The van der Waals surface area contributed by atoms with Crippen LogP contribution < -0.4 is 5.43 Å². The lowest BCUT2D eigenvalue weighted by Gasteiger charge is -2.10. The van der Waals surface area contributed by atoms with Gasteiger partial charge in [-0.05, 0) is 47.5 Å². The molecule has 4 aromatic rings. The molecular formula is C23H19ClN4O3S. The zero-order chi connectivity index (χ0) is 22.5. The second-order valence-corrected chi connectivity index (χ2v) is 8.24. The van der Waals surface area contributed by atoms with Gasteiger partial charge in [0.25, 0.3) is 5.91 Å². The molecule has 162 valence electrons. The predicted octanol–water partition coefficient (Wildman–Crippen LogP) is 4.39. The van der Waals surface area contributed by atoms with Crippen molar-refractivity contribution in [3.63, 3.8) is 0 Å². The Bertz CT molecular complexity index is 1310. The van der Waals surface area contributed by atoms with E-state index in [9.17, 15) is 15.0 Å². The van der Waals surface area contributed by atoms with Crippen LogP contribution in [-0.4, -0.2) is 37.6 Å². The highest BCUT2D eigenvalue weighted by Crippen LogP contribution is 2.27. The molecule has 3 N–H and O–H groups in total. The number of carbonyl (C=O) groups is 1. The van der Waals surface area contributed by atoms with Gasteiger partial charge in [-0.15, -0.1) is 0 Å². The minimum absolute atomic E-state index is 0.115. The fourth-order valence-corrected chi connectivity index (χ4v) is 4.08. The number of amides is 1. The molecule has 32 heavy (non-hydrogen) atoms. The van der Waals surface area contributed by atoms with Crippen molar-refractivity contribution < 1.29 is 15.0 Å². The van der Waals surface area contributed by atoms with E-state index in [1.165, 1.54) is 30.1 Å². The number of aromatic nitrogens is 2. The van der Waals surface area contributed by atoms with Gasteiger partial charge in [0, 0.05) is 5.02 Å². The van der Waals surface area contributed by atoms with Gasteiger partial charge in [0.15, 0.2) is 16.7 Å². The van der Waals surface area contributed by atoms with E-state index in [2.05, 4.69) is 15.5 Å². The maximum atomic E-state index is 12.3. The van der Waals surface area contributed by atoms with Gasteiger partial charge in [-0.25, -0.2) is 10.4 Å². The lowest BCUT2D eigenvalue weighted by molar-refractivity contribution is -0.118. The number of nitrogens with one attached hydrogen (secondary N) is 1. The molecule has 0 spiro atoms. The maximum Gasteiger partial charge on any atom is 0.250 e. The van der Waals surface area contributed by atoms with Crippen molar-refractivity contribution in [1.29, 1.82) is 0 Å². The first kappa shape index (κ1) is 21.7. The number of hydrogen-bond acceptors (Lipinski definition) is 6. The van der Waals surface area contributed by atoms with Crippen LogP contribution in [0.15, 0.2) is 77.0 Å². The van der Waals surface area contributed by atoms with Gasteiger partial charge in [-0.3, -0.25) is 4.79 Å². The number of benzene rings is 3. The molecule has 1 aromatic heterocycles. The average Bonchev–Trinajstić information content (AvgIpc) is 3.14. The average molecular weight is 467 g/mol. The lowest BCUT2D eigenvalue weighted by Crippen LogP contribution is -2.20. The summed E-state index contributed by atoms with van der Waals surface area (Å²) in [4.78, 5) is 16.9. The number of imidazole rings is 1. The molecule has 0 saturated heterocycles. The summed E-state index contributed by atoms with van der Waals surface area (Å²) in [6.45, 7) is 0.534. The summed E-state index contributed by atoms with van der Waals surface area (Å²) in [5.74, 6) is -0.662. The molecule has 0 aliphatic carbocycles. The Balaban J connectivity index is 1.45. The Labute approximate surface area is 193 Å². The van der Waals surface area contributed by atoms with E-state index >= 15 is 0 Å². The largest absolute Gasteiger partial charge is 0.504 e. The highest BCUT2D eigenvalue weighted by molar-refractivity contribution is 7.99. The number of phenolic OH excluding ortho intramolecular Hbond substituents is 2. The molecule has 0 saturated carbocycles. The van der Waals surface area contributed by atoms with Gasteiger partial charge in [-0.2, -0.15) is 5.10 Å². The third-order valence-electron chi connectivity index (χ3n) is 4.64. The summed E-state index contributed by atoms with van der Waals surface area (Å²) in [7, 11) is 0. The summed E-state index contributed by atoms with van der Waals surface area (Å²) < 4.78 is 2.04. The van der Waals surface area contributed by atoms with E-state index in [1.54, 1.807) is 6.07 Å². The molecular weight excluding hydrogens is 448 g/mol. The van der Waals surface area contributed by atoms with Gasteiger partial charge >= 0.3 is 0 Å². The zero-order valence-corrected chi connectivity index (χ0v) is 18.3. The Morgan fingerprint density at radius 2 is 1.88 bits per heavy atom. The van der Waals surface area contributed by atoms with E-state index in [-0.39, 0.29) is 23.2 Å². The Hall–Kier alpha value is -3.49. The first-order chi connectivity index (χ1) is 15.5. The van der Waals surface area contributed by atoms with Crippen molar-refractivity contribution in [2.75, 3.05) is 5.75 Å². The second-order valence-electron chi connectivity index (χ2n) is 6.89. The van der Waals surface area contributed by atoms with Crippen molar-refractivity contribution in [3.05, 3.63) is 82.9 Å². The molecule has 1 heterocycles. The summed E-state index contributed by atoms with van der Waals surface area (Å²) in [5.41, 5.74) is 5.75. The van der Waals surface area contributed by atoms with E-state index < -0.39 is 0 Å². The number of thioether (sulfide) groups is 1. The third-order valence-corrected chi connectivity index (χ3v) is 5.99. The number of carbonyl (C=O) groups excluding carboxylic acids is 1. The van der Waals surface area contributed by atoms with Crippen molar-refractivity contribution in [1.82, 2.24) is 15.0 Å². The topological polar surface area (TPSA) is 99.7 Å². The monoisotopic (exact) mass is 466 g/mol. The first-order valence-corrected chi connectivity index (χ1v) is 11.0. The number of hydrazone groups is 1. The van der Waals surface area contributed by atoms with Crippen molar-refractivity contribution in [2.45, 2.75) is 11.7 Å². The molecule has 1 amide bonds. The molecule has 7 nitrogen and oxygen atoms in total. The Morgan fingerprint density at radius 3 is 2.69 bits per heavy atom. The highest BCUT2D eigenvalue weighted by Gasteiger charge is 2.14. The van der Waals surface area contributed by atoms with Crippen LogP contribution in [0.3, 0.4) is 0 Å². The summed E-state index contributed by atoms with van der Waals surface area (Å²) in [6.07, 6.45) is 1.38. The molecule has 0 aliphatic heterocycles. The SMILES string of the molecule is O=C(CSc1nc2ccccc2n1Cc1ccccc1Cl)N/N=C/c1ccc(O)c(O)c1. The van der Waals surface area contributed by atoms with E-state index in [1.807, 2.05) is 53.1 Å². The Kier molecular flexibility index (Phi) is 6.63. The summed E-state index contributed by atoms with van der Waals surface area (Å²) in [5, 5.41) is 24.1. The smallest absolute Gasteiger partial charge is 0.250 e. The number of hydrogen-bond donors (Lipinski definition) is 3. The second kappa shape index (κ2) is 9.76. The maximum absolute atomic E-state index is 12.3. The molecule has 0 unspecified atom stereocenters. The molecule has 0 radical (unpaired) electrons. The number of aromatic hydroxyl groups is 2. The standard InChI is InChI=1S/C23H19ClN4O3S/c24-17-6-2-1-5-16(17)13-28-19-8-4-3-7-18(19)26-23(28)32-14-22(31)27-25-12-15-9-10-20(29)21(30)11-15/h1-12,29-30H,13-14H2,(H,27,31)/b25-12+. The molecule has 0 bridgehead atoms. The number of halogens is 1. The van der Waals surface area contributed by atoms with Crippen LogP contribution in [0, 0.1) is 0 Å². The minimum atomic E-state index is -0.300. The van der Waals surface area contributed by atoms with Crippen LogP contribution in [0.2, 0.25) is 5.02 Å². The van der Waals surface area contributed by atoms with Gasteiger partial charge in [0.1, 0.15) is 0 Å². The van der Waals surface area contributed by atoms with Crippen LogP contribution in [0.5, 0.6) is 11.5 Å². The number of rotatable bonds is 7. The van der Waals surface area contributed by atoms with Gasteiger partial charge in [-0.1, -0.05) is 53.7 Å². The lowest BCUT2D eigenvalue weighted by atomic mass is 10.2. The summed E-state index contributed by atoms with van der Waals surface area (Å²) >= 11 is 7.65. The normalized spacial score (nSPS) is 11.3. The fourth-order valence-electron chi connectivity index (χ4n) is 3.08. The van der Waals surface area contributed by atoms with Crippen molar-refractivity contribution in [2.24, 2.45) is 5.10 Å². The van der Waals surface area contributed by atoms with Gasteiger partial charge in [0.05, 0.1) is 29.5 Å². The number of fused-ring (bicyclic) bond motifs is 1. The van der Waals surface area contributed by atoms with Crippen LogP contribution in [0.25, 0.3) is 11.0 Å². The minimum Gasteiger partial charge on any atom is -0.504 e. The molecule has 0 aliphatic rings. The third kappa shape index (κ3) is 5.04. The van der Waals surface area contributed by atoms with Crippen LogP contribution in [-0.2, 0) is 11.3 Å². The van der Waals surface area contributed by atoms with E-state index in [0.717, 1.165) is 16.6 Å². The van der Waals surface area contributed by atoms with Crippen LogP contribution >= 0.6 is 23.4 Å². The zero-order valence-electron chi connectivity index (χ0n) is 16.8. The number of para-hydroxylation sites is 2. The number of phenols is 2. The highest BCUT2D eigenvalue weighted by atomic mass is 35.5. The van der Waals surface area contributed by atoms with Gasteiger partial charge in [0.2, 0.25) is 0 Å². The van der Waals surface area contributed by atoms with E-state index in [4.69, 9.17) is 11.6 Å². The molecule has 3 aromatic carbocycles. The fraction of sp³-hybridized carbons (Fsp3) is 0.0870. The molecule has 0 atom stereocenters. The number of nitrogens with zero attached hydrogens (tertiary/aromatic N) is 3. The van der Waals surface area contributed by atoms with Crippen molar-refractivity contribution >= 4 is 46.5 Å². The van der Waals surface area contributed by atoms with Crippen molar-refractivity contribution in [3.8, 4) is 11.5 Å². The first-order valence-electron chi connectivity index (χ1n) is 9.66. The summed E-state index contributed by atoms with van der Waals surface area (Å²) in [6, 6.07) is 19.7.